The lowest BCUT2D eigenvalue weighted by atomic mass is 10.2. The van der Waals surface area contributed by atoms with Crippen molar-refractivity contribution in [1.82, 2.24) is 14.8 Å². The van der Waals surface area contributed by atoms with Crippen molar-refractivity contribution in [1.29, 1.82) is 0 Å². The lowest BCUT2D eigenvalue weighted by Crippen LogP contribution is -2.32. The highest BCUT2D eigenvalue weighted by Gasteiger charge is 2.32. The number of nitrogens with zero attached hydrogens (tertiary/aromatic N) is 3. The standard InChI is InChI=1S/C17H18N4O3/c1-20-11-16(23)21(17(20)24)10-4-7-15(22)19-14-9-8-12-5-2-3-6-13(12)18-14/h2-3,5-6,8-9H,4,7,10-11H2,1H3,(H,18,19,22). The number of hydrogen-bond donors (Lipinski definition) is 1. The van der Waals surface area contributed by atoms with Crippen molar-refractivity contribution in [3.63, 3.8) is 0 Å². The maximum Gasteiger partial charge on any atom is 0.326 e. The number of imide groups is 1. The van der Waals surface area contributed by atoms with E-state index in [1.54, 1.807) is 13.1 Å². The van der Waals surface area contributed by atoms with Gasteiger partial charge in [-0.2, -0.15) is 0 Å². The highest BCUT2D eigenvalue weighted by molar-refractivity contribution is 6.01. The molecule has 7 heteroatoms. The summed E-state index contributed by atoms with van der Waals surface area (Å²) in [5.74, 6) is 0.0797. The minimum atomic E-state index is -0.309. The first-order chi connectivity index (χ1) is 11.5. The number of aromatic nitrogens is 1. The normalized spacial score (nSPS) is 14.5. The maximum atomic E-state index is 12.0. The van der Waals surface area contributed by atoms with Gasteiger partial charge in [0.1, 0.15) is 12.4 Å². The number of fused-ring (bicyclic) bond motifs is 1. The molecule has 0 aliphatic carbocycles. The van der Waals surface area contributed by atoms with E-state index in [4.69, 9.17) is 0 Å². The molecule has 0 atom stereocenters. The van der Waals surface area contributed by atoms with Gasteiger partial charge in [0.2, 0.25) is 11.8 Å². The summed E-state index contributed by atoms with van der Waals surface area (Å²) < 4.78 is 0. The Kier molecular flexibility index (Phi) is 4.41. The number of amides is 4. The van der Waals surface area contributed by atoms with Gasteiger partial charge in [-0.15, -0.1) is 0 Å². The van der Waals surface area contributed by atoms with E-state index in [1.165, 1.54) is 9.80 Å². The van der Waals surface area contributed by atoms with Crippen LogP contribution < -0.4 is 5.32 Å². The molecule has 0 unspecified atom stereocenters. The number of rotatable bonds is 5. The molecule has 0 saturated carbocycles. The average Bonchev–Trinajstić information content (AvgIpc) is 2.81. The lowest BCUT2D eigenvalue weighted by molar-refractivity contribution is -0.125. The molecule has 0 bridgehead atoms. The van der Waals surface area contributed by atoms with E-state index in [0.717, 1.165) is 10.9 Å². The third-order valence-corrected chi connectivity index (χ3v) is 3.88. The number of para-hydroxylation sites is 1. The molecular formula is C17H18N4O3. The second-order valence-corrected chi connectivity index (χ2v) is 5.72. The van der Waals surface area contributed by atoms with Crippen molar-refractivity contribution in [2.45, 2.75) is 12.8 Å². The molecule has 0 radical (unpaired) electrons. The van der Waals surface area contributed by atoms with Crippen LogP contribution in [0.15, 0.2) is 36.4 Å². The van der Waals surface area contributed by atoms with Crippen LogP contribution in [0.2, 0.25) is 0 Å². The van der Waals surface area contributed by atoms with Crippen LogP contribution in [0.3, 0.4) is 0 Å². The molecule has 0 spiro atoms. The van der Waals surface area contributed by atoms with Gasteiger partial charge in [-0.1, -0.05) is 18.2 Å². The monoisotopic (exact) mass is 326 g/mol. The first kappa shape index (κ1) is 15.9. The number of likely N-dealkylation sites (N-methyl/N-ethyl adjacent to an activating group) is 1. The first-order valence-electron chi connectivity index (χ1n) is 7.76. The zero-order chi connectivity index (χ0) is 17.1. The van der Waals surface area contributed by atoms with E-state index in [-0.39, 0.29) is 37.4 Å². The fraction of sp³-hybridized carbons (Fsp3) is 0.294. The number of pyridine rings is 1. The Morgan fingerprint density at radius 2 is 2.00 bits per heavy atom. The predicted molar refractivity (Wildman–Crippen MR) is 89.3 cm³/mol. The van der Waals surface area contributed by atoms with Crippen LogP contribution >= 0.6 is 0 Å². The van der Waals surface area contributed by atoms with Crippen molar-refractivity contribution in [2.24, 2.45) is 0 Å². The summed E-state index contributed by atoms with van der Waals surface area (Å²) in [5, 5.41) is 3.75. The number of anilines is 1. The van der Waals surface area contributed by atoms with Crippen LogP contribution in [0.25, 0.3) is 10.9 Å². The Hall–Kier alpha value is -2.96. The van der Waals surface area contributed by atoms with E-state index in [0.29, 0.717) is 12.2 Å². The molecular weight excluding hydrogens is 308 g/mol. The highest BCUT2D eigenvalue weighted by Crippen LogP contribution is 2.15. The molecule has 124 valence electrons. The van der Waals surface area contributed by atoms with Crippen molar-refractivity contribution in [2.75, 3.05) is 25.5 Å². The Morgan fingerprint density at radius 3 is 2.75 bits per heavy atom. The van der Waals surface area contributed by atoms with Crippen LogP contribution in [-0.4, -0.2) is 52.8 Å². The Balaban J connectivity index is 1.52. The lowest BCUT2D eigenvalue weighted by Gasteiger charge is -2.13. The van der Waals surface area contributed by atoms with Gasteiger partial charge in [0.25, 0.3) is 0 Å². The van der Waals surface area contributed by atoms with Gasteiger partial charge < -0.3 is 10.2 Å². The Labute approximate surface area is 139 Å². The largest absolute Gasteiger partial charge is 0.326 e. The van der Waals surface area contributed by atoms with Crippen LogP contribution in [0, 0.1) is 0 Å². The third-order valence-electron chi connectivity index (χ3n) is 3.88. The van der Waals surface area contributed by atoms with Crippen molar-refractivity contribution in [3.8, 4) is 0 Å². The van der Waals surface area contributed by atoms with Crippen molar-refractivity contribution < 1.29 is 14.4 Å². The summed E-state index contributed by atoms with van der Waals surface area (Å²) in [4.78, 5) is 42.3. The molecule has 1 aromatic carbocycles. The minimum absolute atomic E-state index is 0.103. The van der Waals surface area contributed by atoms with Crippen molar-refractivity contribution >= 4 is 34.6 Å². The van der Waals surface area contributed by atoms with Gasteiger partial charge in [-0.05, 0) is 24.6 Å². The third kappa shape index (κ3) is 3.34. The zero-order valence-electron chi connectivity index (χ0n) is 13.4. The summed E-state index contributed by atoms with van der Waals surface area (Å²) >= 11 is 0. The van der Waals surface area contributed by atoms with Gasteiger partial charge in [0, 0.05) is 25.4 Å². The Bertz CT molecular complexity index is 805. The summed E-state index contributed by atoms with van der Waals surface area (Å²) in [6, 6.07) is 11.0. The average molecular weight is 326 g/mol. The van der Waals surface area contributed by atoms with Gasteiger partial charge >= 0.3 is 6.03 Å². The Morgan fingerprint density at radius 1 is 1.21 bits per heavy atom. The number of benzene rings is 1. The van der Waals surface area contributed by atoms with E-state index >= 15 is 0 Å². The fourth-order valence-corrected chi connectivity index (χ4v) is 2.63. The molecule has 1 N–H and O–H groups in total. The van der Waals surface area contributed by atoms with Crippen LogP contribution in [0.1, 0.15) is 12.8 Å². The van der Waals surface area contributed by atoms with Gasteiger partial charge in [0.15, 0.2) is 0 Å². The topological polar surface area (TPSA) is 82.6 Å². The molecule has 2 heterocycles. The minimum Gasteiger partial charge on any atom is -0.318 e. The highest BCUT2D eigenvalue weighted by atomic mass is 16.2. The molecule has 24 heavy (non-hydrogen) atoms. The van der Waals surface area contributed by atoms with E-state index < -0.39 is 0 Å². The number of carbonyl (C=O) groups is 3. The molecule has 7 nitrogen and oxygen atoms in total. The molecule has 4 amide bonds. The van der Waals surface area contributed by atoms with Crippen LogP contribution in [0.5, 0.6) is 0 Å². The molecule has 2 aromatic rings. The number of carbonyl (C=O) groups excluding carboxylic acids is 3. The second-order valence-electron chi connectivity index (χ2n) is 5.72. The number of urea groups is 1. The molecule has 1 saturated heterocycles. The molecule has 3 rings (SSSR count). The van der Waals surface area contributed by atoms with E-state index in [1.807, 2.05) is 30.3 Å². The summed E-state index contributed by atoms with van der Waals surface area (Å²) in [6.45, 7) is 0.354. The summed E-state index contributed by atoms with van der Waals surface area (Å²) in [5.41, 5.74) is 0.812. The smallest absolute Gasteiger partial charge is 0.318 e. The SMILES string of the molecule is CN1CC(=O)N(CCCC(=O)Nc2ccc3ccccc3n2)C1=O. The first-order valence-corrected chi connectivity index (χ1v) is 7.76. The molecule has 1 aliphatic heterocycles. The van der Waals surface area contributed by atoms with Crippen LogP contribution in [-0.2, 0) is 9.59 Å². The summed E-state index contributed by atoms with van der Waals surface area (Å²) in [7, 11) is 1.58. The fourth-order valence-electron chi connectivity index (χ4n) is 2.63. The quantitative estimate of drug-likeness (QED) is 0.850. The molecule has 1 aliphatic rings. The summed E-state index contributed by atoms with van der Waals surface area (Å²) in [6.07, 6.45) is 0.639. The van der Waals surface area contributed by atoms with Crippen molar-refractivity contribution in [3.05, 3.63) is 36.4 Å². The zero-order valence-corrected chi connectivity index (χ0v) is 13.4. The van der Waals surface area contributed by atoms with E-state index in [2.05, 4.69) is 10.3 Å². The second kappa shape index (κ2) is 6.66. The van der Waals surface area contributed by atoms with Gasteiger partial charge in [0.05, 0.1) is 5.52 Å². The predicted octanol–water partition coefficient (Wildman–Crippen LogP) is 1.85. The maximum absolute atomic E-state index is 12.0. The van der Waals surface area contributed by atoms with E-state index in [9.17, 15) is 14.4 Å². The van der Waals surface area contributed by atoms with Gasteiger partial charge in [-0.3, -0.25) is 14.5 Å². The molecule has 1 fully saturated rings. The molecule has 1 aromatic heterocycles. The van der Waals surface area contributed by atoms with Gasteiger partial charge in [-0.25, -0.2) is 9.78 Å². The van der Waals surface area contributed by atoms with Crippen LogP contribution in [0.4, 0.5) is 10.6 Å². The number of nitrogens with one attached hydrogen (secondary N) is 1. The number of hydrogen-bond acceptors (Lipinski definition) is 4.